The molecular weight excluding hydrogens is 536 g/mol. The van der Waals surface area contributed by atoms with Gasteiger partial charge in [0, 0.05) is 38.7 Å². The quantitative estimate of drug-likeness (QED) is 0.385. The van der Waals surface area contributed by atoms with Crippen molar-refractivity contribution in [1.82, 2.24) is 34.6 Å². The van der Waals surface area contributed by atoms with Crippen LogP contribution in [0.25, 0.3) is 11.5 Å². The molecule has 0 aromatic carbocycles. The number of hydrogen-bond acceptors (Lipinski definition) is 11. The predicted molar refractivity (Wildman–Crippen MR) is 141 cm³/mol. The van der Waals surface area contributed by atoms with Crippen molar-refractivity contribution in [2.24, 2.45) is 0 Å². The maximum Gasteiger partial charge on any atom is 0.240 e. The number of aromatic nitrogens is 6. The molecular formula is C23H31ClN8O5S. The summed E-state index contributed by atoms with van der Waals surface area (Å²) in [6, 6.07) is 4.89. The minimum Gasteiger partial charge on any atom is -0.481 e. The van der Waals surface area contributed by atoms with Crippen LogP contribution in [-0.2, 0) is 19.5 Å². The number of nitrogens with zero attached hydrogens (tertiary/aromatic N) is 7. The lowest BCUT2D eigenvalue weighted by molar-refractivity contribution is -0.0421. The number of ether oxygens (including phenoxy) is 3. The lowest BCUT2D eigenvalue weighted by Gasteiger charge is -2.35. The molecule has 0 amide bonds. The van der Waals surface area contributed by atoms with Crippen molar-refractivity contribution in [2.75, 3.05) is 45.7 Å². The third kappa shape index (κ3) is 6.04. The lowest BCUT2D eigenvalue weighted by atomic mass is 10.1. The maximum absolute atomic E-state index is 13.6. The summed E-state index contributed by atoms with van der Waals surface area (Å²) in [5.74, 6) is 0.958. The van der Waals surface area contributed by atoms with Gasteiger partial charge in [-0.05, 0) is 27.0 Å². The first kappa shape index (κ1) is 28.1. The van der Waals surface area contributed by atoms with Crippen molar-refractivity contribution in [1.29, 1.82) is 0 Å². The van der Waals surface area contributed by atoms with Crippen molar-refractivity contribution < 1.29 is 22.6 Å². The number of pyridine rings is 1. The monoisotopic (exact) mass is 566 g/mol. The number of nitrogens with one attached hydrogen (secondary N) is 1. The first-order valence-electron chi connectivity index (χ1n) is 11.9. The lowest BCUT2D eigenvalue weighted by Crippen LogP contribution is -2.44. The summed E-state index contributed by atoms with van der Waals surface area (Å²) in [6.45, 7) is 5.43. The number of halogens is 1. The van der Waals surface area contributed by atoms with E-state index in [1.165, 1.54) is 33.5 Å². The van der Waals surface area contributed by atoms with Crippen molar-refractivity contribution in [3.05, 3.63) is 41.4 Å². The van der Waals surface area contributed by atoms with Gasteiger partial charge in [-0.25, -0.2) is 23.4 Å². The van der Waals surface area contributed by atoms with Gasteiger partial charge in [0.05, 0.1) is 30.9 Å². The zero-order valence-corrected chi connectivity index (χ0v) is 23.3. The summed E-state index contributed by atoms with van der Waals surface area (Å²) in [4.78, 5) is 14.9. The van der Waals surface area contributed by atoms with E-state index >= 15 is 0 Å². The molecule has 4 heterocycles. The van der Waals surface area contributed by atoms with Crippen molar-refractivity contribution in [3.8, 4) is 17.4 Å². The van der Waals surface area contributed by atoms with Gasteiger partial charge in [-0.1, -0.05) is 17.7 Å². The molecule has 38 heavy (non-hydrogen) atoms. The Labute approximate surface area is 226 Å². The average Bonchev–Trinajstić information content (AvgIpc) is 3.32. The standard InChI is InChI=1S/C23H31ClN8O5S/c1-14(18-13-31(3)9-10-37-18)32-22(17-7-6-8-19(27-17)35-4)28-29-23(32)30-38(33,34)15(2)20(36-5)21-25-11-16(24)12-26-21/h6-8,11-12,14-15,18,20H,9-10,13H2,1-5H3,(H,29,30)/t14-,15+,18-,20+/m1/s1. The predicted octanol–water partition coefficient (Wildman–Crippen LogP) is 2.20. The van der Waals surface area contributed by atoms with Gasteiger partial charge >= 0.3 is 0 Å². The Morgan fingerprint density at radius 1 is 1.18 bits per heavy atom. The third-order valence-corrected chi connectivity index (χ3v) is 8.29. The van der Waals surface area contributed by atoms with Crippen LogP contribution >= 0.6 is 11.6 Å². The van der Waals surface area contributed by atoms with Gasteiger partial charge in [-0.3, -0.25) is 9.29 Å². The number of methoxy groups -OCH3 is 2. The SMILES string of the molecule is COc1cccc(-c2nnc(NS(=O)(=O)[C@@H](C)[C@H](OC)c3ncc(Cl)cn3)n2[C@H](C)[C@H]2CN(C)CCO2)n1. The smallest absolute Gasteiger partial charge is 0.240 e. The Hall–Kier alpha value is -2.91. The highest BCUT2D eigenvalue weighted by Gasteiger charge is 2.36. The third-order valence-electron chi connectivity index (χ3n) is 6.40. The summed E-state index contributed by atoms with van der Waals surface area (Å²) >= 11 is 5.89. The van der Waals surface area contributed by atoms with Crippen molar-refractivity contribution >= 4 is 27.6 Å². The number of morpholine rings is 1. The Morgan fingerprint density at radius 3 is 2.58 bits per heavy atom. The van der Waals surface area contributed by atoms with Crippen LogP contribution in [0.5, 0.6) is 5.88 Å². The first-order chi connectivity index (χ1) is 18.1. The zero-order valence-electron chi connectivity index (χ0n) is 21.8. The molecule has 4 rings (SSSR count). The van der Waals surface area contributed by atoms with E-state index in [0.29, 0.717) is 35.6 Å². The van der Waals surface area contributed by atoms with E-state index in [0.717, 1.165) is 6.54 Å². The topological polar surface area (TPSA) is 146 Å². The van der Waals surface area contributed by atoms with Crippen molar-refractivity contribution in [2.45, 2.75) is 37.3 Å². The zero-order chi connectivity index (χ0) is 27.4. The maximum atomic E-state index is 13.6. The molecule has 1 saturated heterocycles. The Bertz CT molecular complexity index is 1340. The fourth-order valence-electron chi connectivity index (χ4n) is 4.20. The van der Waals surface area contributed by atoms with Gasteiger partial charge in [-0.15, -0.1) is 10.2 Å². The molecule has 0 spiro atoms. The molecule has 3 aromatic rings. The van der Waals surface area contributed by atoms with Crippen LogP contribution in [0.15, 0.2) is 30.6 Å². The molecule has 3 aromatic heterocycles. The van der Waals surface area contributed by atoms with Crippen LogP contribution in [0, 0.1) is 0 Å². The van der Waals surface area contributed by atoms with Crippen LogP contribution in [0.1, 0.15) is 31.8 Å². The van der Waals surface area contributed by atoms with Gasteiger partial charge < -0.3 is 19.1 Å². The normalized spacial score (nSPS) is 19.1. The Morgan fingerprint density at radius 2 is 1.92 bits per heavy atom. The molecule has 0 radical (unpaired) electrons. The molecule has 13 nitrogen and oxygen atoms in total. The Balaban J connectivity index is 1.71. The minimum absolute atomic E-state index is 0.0210. The number of anilines is 1. The molecule has 0 unspecified atom stereocenters. The molecule has 4 atom stereocenters. The number of likely N-dealkylation sites (N-methyl/N-ethyl adjacent to an activating group) is 1. The summed E-state index contributed by atoms with van der Waals surface area (Å²) < 4.78 is 48.2. The number of rotatable bonds is 10. The van der Waals surface area contributed by atoms with Gasteiger partial charge in [0.2, 0.25) is 21.9 Å². The minimum atomic E-state index is -4.07. The van der Waals surface area contributed by atoms with Crippen molar-refractivity contribution in [3.63, 3.8) is 0 Å². The van der Waals surface area contributed by atoms with Crippen LogP contribution < -0.4 is 9.46 Å². The van der Waals surface area contributed by atoms with E-state index in [9.17, 15) is 8.42 Å². The largest absolute Gasteiger partial charge is 0.481 e. The molecule has 206 valence electrons. The fourth-order valence-corrected chi connectivity index (χ4v) is 5.44. The van der Waals surface area contributed by atoms with E-state index in [1.807, 2.05) is 14.0 Å². The molecule has 0 aliphatic carbocycles. The highest BCUT2D eigenvalue weighted by molar-refractivity contribution is 7.93. The van der Waals surface area contributed by atoms with Crippen LogP contribution in [0.2, 0.25) is 5.02 Å². The molecule has 1 N–H and O–H groups in total. The summed E-state index contributed by atoms with van der Waals surface area (Å²) in [6.07, 6.45) is 1.56. The van der Waals surface area contributed by atoms with Gasteiger partial charge in [-0.2, -0.15) is 0 Å². The average molecular weight is 567 g/mol. The highest BCUT2D eigenvalue weighted by atomic mass is 35.5. The first-order valence-corrected chi connectivity index (χ1v) is 13.8. The van der Waals surface area contributed by atoms with E-state index in [1.54, 1.807) is 22.8 Å². The van der Waals surface area contributed by atoms with Crippen LogP contribution in [0.3, 0.4) is 0 Å². The molecule has 1 fully saturated rings. The molecule has 1 aliphatic heterocycles. The molecule has 0 bridgehead atoms. The van der Waals surface area contributed by atoms with E-state index in [-0.39, 0.29) is 23.9 Å². The summed E-state index contributed by atoms with van der Waals surface area (Å²) in [5.41, 5.74) is 0.468. The Kier molecular flexibility index (Phi) is 8.78. The highest BCUT2D eigenvalue weighted by Crippen LogP contribution is 2.31. The summed E-state index contributed by atoms with van der Waals surface area (Å²) in [7, 11) is 0.846. The second-order valence-corrected chi connectivity index (χ2v) is 11.4. The number of hydrogen-bond donors (Lipinski definition) is 1. The van der Waals surface area contributed by atoms with Crippen LogP contribution in [0.4, 0.5) is 5.95 Å². The molecule has 15 heteroatoms. The molecule has 0 saturated carbocycles. The number of sulfonamides is 1. The summed E-state index contributed by atoms with van der Waals surface area (Å²) in [5, 5.41) is 7.74. The van der Waals surface area contributed by atoms with Gasteiger partial charge in [0.25, 0.3) is 0 Å². The van der Waals surface area contributed by atoms with E-state index < -0.39 is 21.4 Å². The van der Waals surface area contributed by atoms with Gasteiger partial charge in [0.1, 0.15) is 17.0 Å². The van der Waals surface area contributed by atoms with E-state index in [2.05, 4.69) is 34.8 Å². The second-order valence-electron chi connectivity index (χ2n) is 8.96. The van der Waals surface area contributed by atoms with Crippen LogP contribution in [-0.4, -0.2) is 95.4 Å². The van der Waals surface area contributed by atoms with Gasteiger partial charge in [0.15, 0.2) is 11.6 Å². The molecule has 1 aliphatic rings. The van der Waals surface area contributed by atoms with E-state index in [4.69, 9.17) is 25.8 Å². The fraction of sp³-hybridized carbons (Fsp3) is 0.522. The second kappa shape index (κ2) is 11.9.